The maximum Gasteiger partial charge on any atom is 0.328 e. The van der Waals surface area contributed by atoms with E-state index in [1.54, 1.807) is 0 Å². The molecule has 1 aromatic carbocycles. The Bertz CT molecular complexity index is 479. The van der Waals surface area contributed by atoms with Gasteiger partial charge >= 0.3 is 5.97 Å². The largest absolute Gasteiger partial charge is 0.464 e. The lowest BCUT2D eigenvalue weighted by Crippen LogP contribution is -2.40. The Morgan fingerprint density at radius 1 is 1.47 bits per heavy atom. The van der Waals surface area contributed by atoms with Crippen molar-refractivity contribution in [2.45, 2.75) is 26.3 Å². The molecule has 0 fully saturated rings. The fourth-order valence-corrected chi connectivity index (χ4v) is 1.51. The molecule has 1 rings (SSSR count). The molecule has 1 aromatic rings. The van der Waals surface area contributed by atoms with Gasteiger partial charge in [0.1, 0.15) is 6.04 Å². The third kappa shape index (κ3) is 4.21. The Hall–Kier alpha value is -1.62. The van der Waals surface area contributed by atoms with E-state index in [0.29, 0.717) is 6.42 Å². The van der Waals surface area contributed by atoms with Crippen molar-refractivity contribution in [2.75, 3.05) is 6.61 Å². The highest BCUT2D eigenvalue weighted by Gasteiger charge is 2.20. The molecule has 0 saturated heterocycles. The molecule has 6 heteroatoms. The van der Waals surface area contributed by atoms with Crippen LogP contribution >= 0.6 is 11.6 Å². The van der Waals surface area contributed by atoms with Crippen LogP contribution in [-0.4, -0.2) is 24.5 Å². The molecule has 19 heavy (non-hydrogen) atoms. The molecule has 104 valence electrons. The van der Waals surface area contributed by atoms with E-state index in [-0.39, 0.29) is 17.2 Å². The second kappa shape index (κ2) is 7.09. The van der Waals surface area contributed by atoms with E-state index >= 15 is 0 Å². The minimum Gasteiger partial charge on any atom is -0.464 e. The van der Waals surface area contributed by atoms with Gasteiger partial charge in [-0.1, -0.05) is 24.6 Å². The summed E-state index contributed by atoms with van der Waals surface area (Å²) in [6.45, 7) is 3.61. The van der Waals surface area contributed by atoms with E-state index in [9.17, 15) is 14.0 Å². The first-order valence-electron chi connectivity index (χ1n) is 5.88. The first-order chi connectivity index (χ1) is 8.97. The molecular weight excluding hydrogens is 273 g/mol. The van der Waals surface area contributed by atoms with E-state index in [4.69, 9.17) is 16.3 Å². The zero-order valence-corrected chi connectivity index (χ0v) is 11.5. The number of hydrogen-bond donors (Lipinski definition) is 1. The number of amides is 1. The first-order valence-corrected chi connectivity index (χ1v) is 6.26. The van der Waals surface area contributed by atoms with E-state index in [1.165, 1.54) is 25.1 Å². The number of ether oxygens (including phenoxy) is 1. The third-order valence-corrected chi connectivity index (χ3v) is 2.64. The van der Waals surface area contributed by atoms with Gasteiger partial charge in [-0.25, -0.2) is 9.18 Å². The molecule has 1 amide bonds. The molecule has 0 aliphatic heterocycles. The van der Waals surface area contributed by atoms with E-state index in [2.05, 4.69) is 5.32 Å². The molecule has 0 aromatic heterocycles. The number of halogens is 2. The number of carbonyl (C=O) groups excluding carboxylic acids is 2. The second-order valence-electron chi connectivity index (χ2n) is 3.96. The van der Waals surface area contributed by atoms with Crippen LogP contribution in [0.15, 0.2) is 18.2 Å². The Kier molecular flexibility index (Phi) is 5.76. The predicted molar refractivity (Wildman–Crippen MR) is 69.6 cm³/mol. The van der Waals surface area contributed by atoms with Crippen LogP contribution < -0.4 is 5.32 Å². The lowest BCUT2D eigenvalue weighted by atomic mass is 10.2. The van der Waals surface area contributed by atoms with Crippen molar-refractivity contribution in [3.8, 4) is 0 Å². The zero-order chi connectivity index (χ0) is 14.4. The number of hydrogen-bond acceptors (Lipinski definition) is 3. The summed E-state index contributed by atoms with van der Waals surface area (Å²) in [5.74, 6) is -2.07. The molecule has 1 unspecified atom stereocenters. The van der Waals surface area contributed by atoms with Crippen molar-refractivity contribution in [1.82, 2.24) is 5.32 Å². The van der Waals surface area contributed by atoms with Crippen LogP contribution in [0.25, 0.3) is 0 Å². The number of rotatable bonds is 5. The predicted octanol–water partition coefficient (Wildman–Crippen LogP) is 2.55. The summed E-state index contributed by atoms with van der Waals surface area (Å²) < 4.78 is 18.5. The van der Waals surface area contributed by atoms with Crippen LogP contribution in [0.4, 0.5) is 4.39 Å². The molecule has 0 aliphatic rings. The Morgan fingerprint density at radius 2 is 2.16 bits per heavy atom. The lowest BCUT2D eigenvalue weighted by Gasteiger charge is -2.13. The summed E-state index contributed by atoms with van der Waals surface area (Å²) in [6, 6.07) is 3.24. The lowest BCUT2D eigenvalue weighted by molar-refractivity contribution is -0.145. The van der Waals surface area contributed by atoms with Crippen LogP contribution in [0.1, 0.15) is 30.6 Å². The van der Waals surface area contributed by atoms with Crippen LogP contribution in [0.3, 0.4) is 0 Å². The normalized spacial score (nSPS) is 11.8. The topological polar surface area (TPSA) is 55.4 Å². The highest BCUT2D eigenvalue weighted by Crippen LogP contribution is 2.17. The fraction of sp³-hybridized carbons (Fsp3) is 0.385. The Morgan fingerprint density at radius 3 is 2.79 bits per heavy atom. The van der Waals surface area contributed by atoms with Gasteiger partial charge in [0.15, 0.2) is 5.82 Å². The molecular formula is C13H15ClFNO3. The molecule has 1 N–H and O–H groups in total. The van der Waals surface area contributed by atoms with Crippen molar-refractivity contribution in [3.05, 3.63) is 34.6 Å². The third-order valence-electron chi connectivity index (χ3n) is 2.35. The second-order valence-corrected chi connectivity index (χ2v) is 4.37. The quantitative estimate of drug-likeness (QED) is 0.847. The average Bonchev–Trinajstić information content (AvgIpc) is 2.38. The summed E-state index contributed by atoms with van der Waals surface area (Å²) in [4.78, 5) is 23.3. The summed E-state index contributed by atoms with van der Waals surface area (Å²) in [5, 5.41) is 2.22. The number of nitrogens with one attached hydrogen (secondary N) is 1. The first kappa shape index (κ1) is 15.4. The molecule has 1 atom stereocenters. The maximum absolute atomic E-state index is 13.6. The van der Waals surface area contributed by atoms with Crippen LogP contribution in [0.5, 0.6) is 0 Å². The minimum atomic E-state index is -0.850. The van der Waals surface area contributed by atoms with E-state index in [1.807, 2.05) is 6.92 Å². The standard InChI is InChI=1S/C13H15ClFNO3/c1-3-7-19-13(18)8(2)16-12(17)9-5-4-6-10(14)11(9)15/h4-6,8H,3,7H2,1-2H3,(H,16,17). The number of carbonyl (C=O) groups is 2. The summed E-state index contributed by atoms with van der Waals surface area (Å²) >= 11 is 5.58. The maximum atomic E-state index is 13.6. The highest BCUT2D eigenvalue weighted by molar-refractivity contribution is 6.31. The van der Waals surface area contributed by atoms with Gasteiger partial charge in [0, 0.05) is 0 Å². The van der Waals surface area contributed by atoms with Crippen molar-refractivity contribution in [3.63, 3.8) is 0 Å². The van der Waals surface area contributed by atoms with Gasteiger partial charge in [0.25, 0.3) is 5.91 Å². The Balaban J connectivity index is 2.69. The van der Waals surface area contributed by atoms with E-state index in [0.717, 1.165) is 0 Å². The number of esters is 1. The van der Waals surface area contributed by atoms with Gasteiger partial charge in [0.05, 0.1) is 17.2 Å². The Labute approximate surface area is 115 Å². The number of benzene rings is 1. The summed E-state index contributed by atoms with van der Waals surface area (Å²) in [6.07, 6.45) is 0.690. The molecule has 0 aliphatic carbocycles. The van der Waals surface area contributed by atoms with Crippen LogP contribution in [-0.2, 0) is 9.53 Å². The van der Waals surface area contributed by atoms with Gasteiger partial charge < -0.3 is 10.1 Å². The highest BCUT2D eigenvalue weighted by atomic mass is 35.5. The minimum absolute atomic E-state index is 0.145. The van der Waals surface area contributed by atoms with E-state index < -0.39 is 23.7 Å². The molecule has 0 heterocycles. The van der Waals surface area contributed by atoms with Crippen molar-refractivity contribution < 1.29 is 18.7 Å². The van der Waals surface area contributed by atoms with Gasteiger partial charge in [-0.05, 0) is 25.5 Å². The molecule has 0 bridgehead atoms. The van der Waals surface area contributed by atoms with Gasteiger partial charge in [-0.15, -0.1) is 0 Å². The summed E-state index contributed by atoms with van der Waals surface area (Å²) in [7, 11) is 0. The SMILES string of the molecule is CCCOC(=O)C(C)NC(=O)c1cccc(Cl)c1F. The van der Waals surface area contributed by atoms with Gasteiger partial charge in [0.2, 0.25) is 0 Å². The van der Waals surface area contributed by atoms with Crippen molar-refractivity contribution in [2.24, 2.45) is 0 Å². The fourth-order valence-electron chi connectivity index (χ4n) is 1.34. The average molecular weight is 288 g/mol. The monoisotopic (exact) mass is 287 g/mol. The smallest absolute Gasteiger partial charge is 0.328 e. The molecule has 0 spiro atoms. The van der Waals surface area contributed by atoms with Gasteiger partial charge in [-0.3, -0.25) is 4.79 Å². The van der Waals surface area contributed by atoms with Crippen LogP contribution in [0.2, 0.25) is 5.02 Å². The molecule has 4 nitrogen and oxygen atoms in total. The van der Waals surface area contributed by atoms with Gasteiger partial charge in [-0.2, -0.15) is 0 Å². The zero-order valence-electron chi connectivity index (χ0n) is 10.7. The van der Waals surface area contributed by atoms with Crippen LogP contribution in [0, 0.1) is 5.82 Å². The van der Waals surface area contributed by atoms with Crippen molar-refractivity contribution in [1.29, 1.82) is 0 Å². The molecule has 0 radical (unpaired) electrons. The molecule has 0 saturated carbocycles. The summed E-state index contributed by atoms with van der Waals surface area (Å²) in [5.41, 5.74) is -0.206. The van der Waals surface area contributed by atoms with Crippen molar-refractivity contribution >= 4 is 23.5 Å².